The van der Waals surface area contributed by atoms with Crippen LogP contribution in [0.4, 0.5) is 5.69 Å². The molecule has 1 aliphatic heterocycles. The number of ketones is 1. The smallest absolute Gasteiger partial charge is 0.300 e. The maximum atomic E-state index is 13.0. The van der Waals surface area contributed by atoms with Crippen LogP contribution in [-0.4, -0.2) is 27.9 Å². The van der Waals surface area contributed by atoms with Gasteiger partial charge >= 0.3 is 0 Å². The number of carbonyl (C=O) groups is 2. The van der Waals surface area contributed by atoms with Crippen molar-refractivity contribution in [1.82, 2.24) is 4.98 Å². The molecule has 1 N–H and O–H groups in total. The molecule has 1 amide bonds. The first-order valence-electron chi connectivity index (χ1n) is 10.0. The highest BCUT2D eigenvalue weighted by Gasteiger charge is 2.47. The first kappa shape index (κ1) is 20.3. The Morgan fingerprint density at radius 1 is 0.968 bits per heavy atom. The Kier molecular flexibility index (Phi) is 5.54. The highest BCUT2D eigenvalue weighted by Crippen LogP contribution is 2.41. The molecule has 2 aromatic carbocycles. The van der Waals surface area contributed by atoms with E-state index in [2.05, 4.69) is 4.98 Å². The summed E-state index contributed by atoms with van der Waals surface area (Å²) in [6.07, 6.45) is 1.61. The first-order chi connectivity index (χ1) is 15.0. The lowest BCUT2D eigenvalue weighted by molar-refractivity contribution is -0.132. The molecule has 156 valence electrons. The zero-order chi connectivity index (χ0) is 22.0. The number of amides is 1. The molecule has 6 nitrogen and oxygen atoms in total. The highest BCUT2D eigenvalue weighted by molar-refractivity contribution is 6.51. The minimum Gasteiger partial charge on any atom is -0.507 e. The summed E-state index contributed by atoms with van der Waals surface area (Å²) in [5, 5.41) is 11.1. The van der Waals surface area contributed by atoms with Crippen LogP contribution in [-0.2, 0) is 9.59 Å². The van der Waals surface area contributed by atoms with Crippen LogP contribution in [0.15, 0.2) is 84.6 Å². The molecule has 31 heavy (non-hydrogen) atoms. The minimum absolute atomic E-state index is 0.00470. The van der Waals surface area contributed by atoms with Gasteiger partial charge in [0.1, 0.15) is 17.6 Å². The van der Waals surface area contributed by atoms with Crippen LogP contribution in [0.25, 0.3) is 5.76 Å². The maximum absolute atomic E-state index is 13.0. The average molecular weight is 414 g/mol. The normalized spacial score (nSPS) is 17.9. The third-order valence-corrected chi connectivity index (χ3v) is 4.95. The van der Waals surface area contributed by atoms with E-state index in [-0.39, 0.29) is 17.4 Å². The van der Waals surface area contributed by atoms with Gasteiger partial charge in [0, 0.05) is 17.4 Å². The fourth-order valence-corrected chi connectivity index (χ4v) is 3.62. The number of ether oxygens (including phenoxy) is 1. The Balaban J connectivity index is 1.84. The van der Waals surface area contributed by atoms with Crippen molar-refractivity contribution in [2.45, 2.75) is 26.0 Å². The number of aliphatic hydroxyl groups is 1. The zero-order valence-corrected chi connectivity index (χ0v) is 17.2. The summed E-state index contributed by atoms with van der Waals surface area (Å²) in [4.78, 5) is 31.8. The summed E-state index contributed by atoms with van der Waals surface area (Å²) in [5.41, 5.74) is 1.47. The Bertz CT molecular complexity index is 1120. The number of carbonyl (C=O) groups excluding carboxylic acids is 2. The van der Waals surface area contributed by atoms with E-state index < -0.39 is 17.7 Å². The van der Waals surface area contributed by atoms with Crippen LogP contribution >= 0.6 is 0 Å². The summed E-state index contributed by atoms with van der Waals surface area (Å²) < 4.78 is 5.64. The lowest BCUT2D eigenvalue weighted by atomic mass is 9.98. The molecule has 0 spiro atoms. The van der Waals surface area contributed by atoms with Crippen LogP contribution in [0.3, 0.4) is 0 Å². The lowest BCUT2D eigenvalue weighted by Crippen LogP contribution is -2.29. The molecule has 2 heterocycles. The summed E-state index contributed by atoms with van der Waals surface area (Å²) in [7, 11) is 0. The molecule has 6 heteroatoms. The number of hydrogen-bond donors (Lipinski definition) is 1. The van der Waals surface area contributed by atoms with Gasteiger partial charge < -0.3 is 9.84 Å². The number of anilines is 1. The quantitative estimate of drug-likeness (QED) is 0.378. The van der Waals surface area contributed by atoms with Crippen LogP contribution < -0.4 is 9.64 Å². The second kappa shape index (κ2) is 8.44. The van der Waals surface area contributed by atoms with E-state index in [1.165, 1.54) is 4.90 Å². The molecule has 1 aromatic heterocycles. The maximum Gasteiger partial charge on any atom is 0.300 e. The van der Waals surface area contributed by atoms with Gasteiger partial charge in [-0.1, -0.05) is 24.3 Å². The molecule has 1 saturated heterocycles. The highest BCUT2D eigenvalue weighted by atomic mass is 16.5. The Labute approximate surface area is 180 Å². The van der Waals surface area contributed by atoms with Crippen molar-refractivity contribution in [3.63, 3.8) is 0 Å². The van der Waals surface area contributed by atoms with E-state index in [0.717, 1.165) is 0 Å². The standard InChI is InChI=1S/C25H22N2O4/c1-16(2)31-19-13-11-17(12-14-19)23(28)21-22(20-10-6-7-15-26-20)27(25(30)24(21)29)18-8-4-3-5-9-18/h3-16,22,28H,1-2H3/b23-21-. The third-order valence-electron chi connectivity index (χ3n) is 4.95. The summed E-state index contributed by atoms with van der Waals surface area (Å²) in [6.45, 7) is 3.84. The molecule has 4 rings (SSSR count). The zero-order valence-electron chi connectivity index (χ0n) is 17.2. The van der Waals surface area contributed by atoms with Gasteiger partial charge in [-0.05, 0) is 62.4 Å². The molecule has 0 aliphatic carbocycles. The Hall–Kier alpha value is -3.93. The number of hydrogen-bond acceptors (Lipinski definition) is 5. The number of rotatable bonds is 5. The molecule has 0 saturated carbocycles. The second-order valence-corrected chi connectivity index (χ2v) is 7.45. The molecule has 1 fully saturated rings. The van der Waals surface area contributed by atoms with Crippen molar-refractivity contribution >= 4 is 23.1 Å². The first-order valence-corrected chi connectivity index (χ1v) is 10.0. The van der Waals surface area contributed by atoms with Crippen molar-refractivity contribution in [3.05, 3.63) is 95.8 Å². The molecular weight excluding hydrogens is 392 g/mol. The molecular formula is C25H22N2O4. The number of Topliss-reactive ketones (excluding diaryl/α,β-unsaturated/α-hetero) is 1. The van der Waals surface area contributed by atoms with Crippen LogP contribution in [0.1, 0.15) is 31.1 Å². The summed E-state index contributed by atoms with van der Waals surface area (Å²) >= 11 is 0. The predicted molar refractivity (Wildman–Crippen MR) is 118 cm³/mol. The van der Waals surface area contributed by atoms with Gasteiger partial charge in [0.15, 0.2) is 0 Å². The molecule has 1 aliphatic rings. The van der Waals surface area contributed by atoms with Crippen molar-refractivity contribution in [2.75, 3.05) is 4.90 Å². The number of aliphatic hydroxyl groups excluding tert-OH is 1. The lowest BCUT2D eigenvalue weighted by Gasteiger charge is -2.24. The fraction of sp³-hybridized carbons (Fsp3) is 0.160. The molecule has 3 aromatic rings. The van der Waals surface area contributed by atoms with Gasteiger partial charge in [0.05, 0.1) is 17.4 Å². The molecule has 1 atom stereocenters. The van der Waals surface area contributed by atoms with Gasteiger partial charge in [-0.2, -0.15) is 0 Å². The van der Waals surface area contributed by atoms with E-state index in [0.29, 0.717) is 22.7 Å². The average Bonchev–Trinajstić information content (AvgIpc) is 3.05. The second-order valence-electron chi connectivity index (χ2n) is 7.45. The van der Waals surface area contributed by atoms with E-state index in [1.807, 2.05) is 19.9 Å². The SMILES string of the molecule is CC(C)Oc1ccc(/C(O)=C2/C(=O)C(=O)N(c3ccccc3)C2c2ccccn2)cc1. The number of aromatic nitrogens is 1. The van der Waals surface area contributed by atoms with E-state index in [9.17, 15) is 14.7 Å². The van der Waals surface area contributed by atoms with Crippen LogP contribution in [0.2, 0.25) is 0 Å². The van der Waals surface area contributed by atoms with Crippen molar-refractivity contribution in [3.8, 4) is 5.75 Å². The number of para-hydroxylation sites is 1. The number of pyridine rings is 1. The van der Waals surface area contributed by atoms with Crippen LogP contribution in [0, 0.1) is 0 Å². The van der Waals surface area contributed by atoms with Crippen molar-refractivity contribution in [1.29, 1.82) is 0 Å². The largest absolute Gasteiger partial charge is 0.507 e. The molecule has 1 unspecified atom stereocenters. The Morgan fingerprint density at radius 3 is 2.26 bits per heavy atom. The van der Waals surface area contributed by atoms with Crippen molar-refractivity contribution < 1.29 is 19.4 Å². The van der Waals surface area contributed by atoms with Gasteiger partial charge in [-0.3, -0.25) is 19.5 Å². The monoisotopic (exact) mass is 414 g/mol. The third kappa shape index (κ3) is 3.92. The summed E-state index contributed by atoms with van der Waals surface area (Å²) in [5.74, 6) is -1.05. The summed E-state index contributed by atoms with van der Waals surface area (Å²) in [6, 6.07) is 20.1. The van der Waals surface area contributed by atoms with Crippen LogP contribution in [0.5, 0.6) is 5.75 Å². The topological polar surface area (TPSA) is 79.7 Å². The van der Waals surface area contributed by atoms with Crippen molar-refractivity contribution in [2.24, 2.45) is 0 Å². The Morgan fingerprint density at radius 2 is 1.65 bits per heavy atom. The minimum atomic E-state index is -0.838. The molecule has 0 bridgehead atoms. The van der Waals surface area contributed by atoms with E-state index in [1.54, 1.807) is 72.9 Å². The van der Waals surface area contributed by atoms with Gasteiger partial charge in [-0.15, -0.1) is 0 Å². The van der Waals surface area contributed by atoms with Gasteiger partial charge in [0.2, 0.25) is 0 Å². The predicted octanol–water partition coefficient (Wildman–Crippen LogP) is 4.50. The van der Waals surface area contributed by atoms with E-state index in [4.69, 9.17) is 4.74 Å². The van der Waals surface area contributed by atoms with Gasteiger partial charge in [-0.25, -0.2) is 0 Å². The fourth-order valence-electron chi connectivity index (χ4n) is 3.62. The van der Waals surface area contributed by atoms with E-state index >= 15 is 0 Å². The van der Waals surface area contributed by atoms with Gasteiger partial charge in [0.25, 0.3) is 11.7 Å². The number of benzene rings is 2. The number of nitrogens with zero attached hydrogens (tertiary/aromatic N) is 2. The molecule has 0 radical (unpaired) electrons.